The van der Waals surface area contributed by atoms with Crippen LogP contribution in [0, 0.1) is 0 Å². The third-order valence-electron chi connectivity index (χ3n) is 2.88. The molecular formula is C11H18N4O2. The van der Waals surface area contributed by atoms with Crippen LogP contribution in [0.15, 0.2) is 12.3 Å². The van der Waals surface area contributed by atoms with Gasteiger partial charge in [-0.1, -0.05) is 0 Å². The number of aromatic nitrogens is 2. The van der Waals surface area contributed by atoms with Gasteiger partial charge >= 0.3 is 6.03 Å². The summed E-state index contributed by atoms with van der Waals surface area (Å²) in [6.07, 6.45) is 3.89. The van der Waals surface area contributed by atoms with Gasteiger partial charge in [0.2, 0.25) is 0 Å². The minimum Gasteiger partial charge on any atom is -0.376 e. The standard InChI is InChI=1S/C11H18N4O2/c1-8(10-3-2-6-17-10)14-11(16)12-7-9-4-5-13-15-9/h4-5,8,10H,2-3,6-7H2,1H3,(H,13,15)(H2,12,14,16)/t8-,10+/m0/s1. The summed E-state index contributed by atoms with van der Waals surface area (Å²) in [6, 6.07) is 1.69. The molecule has 94 valence electrons. The number of ether oxygens (including phenoxy) is 1. The van der Waals surface area contributed by atoms with Gasteiger partial charge in [0.25, 0.3) is 0 Å². The van der Waals surface area contributed by atoms with Crippen LogP contribution in [-0.2, 0) is 11.3 Å². The normalized spacial score (nSPS) is 21.1. The molecule has 0 aliphatic carbocycles. The van der Waals surface area contributed by atoms with E-state index in [1.54, 1.807) is 6.20 Å². The monoisotopic (exact) mass is 238 g/mol. The topological polar surface area (TPSA) is 79.0 Å². The van der Waals surface area contributed by atoms with Crippen LogP contribution in [0.5, 0.6) is 0 Å². The summed E-state index contributed by atoms with van der Waals surface area (Å²) in [5.41, 5.74) is 0.880. The van der Waals surface area contributed by atoms with Gasteiger partial charge in [0.05, 0.1) is 24.4 Å². The van der Waals surface area contributed by atoms with E-state index in [0.717, 1.165) is 25.1 Å². The largest absolute Gasteiger partial charge is 0.376 e. The van der Waals surface area contributed by atoms with Crippen LogP contribution in [0.4, 0.5) is 4.79 Å². The summed E-state index contributed by atoms with van der Waals surface area (Å²) in [4.78, 5) is 11.6. The molecular weight excluding hydrogens is 220 g/mol. The quantitative estimate of drug-likeness (QED) is 0.725. The summed E-state index contributed by atoms with van der Waals surface area (Å²) in [7, 11) is 0. The van der Waals surface area contributed by atoms with Gasteiger partial charge in [0.15, 0.2) is 0 Å². The molecule has 6 heteroatoms. The van der Waals surface area contributed by atoms with Gasteiger partial charge in [0.1, 0.15) is 0 Å². The molecule has 0 spiro atoms. The van der Waals surface area contributed by atoms with Crippen molar-refractivity contribution in [3.05, 3.63) is 18.0 Å². The highest BCUT2D eigenvalue weighted by Gasteiger charge is 2.23. The number of nitrogens with zero attached hydrogens (tertiary/aromatic N) is 1. The van der Waals surface area contributed by atoms with Crippen LogP contribution in [0.25, 0.3) is 0 Å². The molecule has 1 saturated heterocycles. The first kappa shape index (κ1) is 11.9. The van der Waals surface area contributed by atoms with Gasteiger partial charge in [-0.05, 0) is 25.8 Å². The molecule has 0 unspecified atom stereocenters. The molecule has 1 aliphatic rings. The van der Waals surface area contributed by atoms with Crippen LogP contribution in [0.1, 0.15) is 25.5 Å². The Morgan fingerprint density at radius 1 is 1.76 bits per heavy atom. The van der Waals surface area contributed by atoms with E-state index in [9.17, 15) is 4.79 Å². The Morgan fingerprint density at radius 3 is 3.29 bits per heavy atom. The number of urea groups is 1. The van der Waals surface area contributed by atoms with Crippen LogP contribution in [0.2, 0.25) is 0 Å². The zero-order chi connectivity index (χ0) is 12.1. The number of hydrogen-bond acceptors (Lipinski definition) is 3. The van der Waals surface area contributed by atoms with E-state index >= 15 is 0 Å². The lowest BCUT2D eigenvalue weighted by Crippen LogP contribution is -2.45. The fourth-order valence-corrected chi connectivity index (χ4v) is 1.91. The number of carbonyl (C=O) groups excluding carboxylic acids is 1. The Balaban J connectivity index is 1.69. The van der Waals surface area contributed by atoms with E-state index in [1.807, 2.05) is 13.0 Å². The number of carbonyl (C=O) groups is 1. The number of amides is 2. The maximum absolute atomic E-state index is 11.6. The molecule has 3 N–H and O–H groups in total. The van der Waals surface area contributed by atoms with Gasteiger partial charge in [0, 0.05) is 12.8 Å². The van der Waals surface area contributed by atoms with Crippen molar-refractivity contribution in [1.82, 2.24) is 20.8 Å². The number of aromatic amines is 1. The highest BCUT2D eigenvalue weighted by atomic mass is 16.5. The van der Waals surface area contributed by atoms with E-state index in [1.165, 1.54) is 0 Å². The van der Waals surface area contributed by atoms with Crippen LogP contribution >= 0.6 is 0 Å². The van der Waals surface area contributed by atoms with Crippen LogP contribution in [0.3, 0.4) is 0 Å². The predicted octanol–water partition coefficient (Wildman–Crippen LogP) is 0.776. The average Bonchev–Trinajstić information content (AvgIpc) is 2.99. The molecule has 6 nitrogen and oxygen atoms in total. The first-order chi connectivity index (χ1) is 8.25. The van der Waals surface area contributed by atoms with Crippen molar-refractivity contribution in [1.29, 1.82) is 0 Å². The molecule has 0 saturated carbocycles. The highest BCUT2D eigenvalue weighted by molar-refractivity contribution is 5.74. The van der Waals surface area contributed by atoms with Crippen molar-refractivity contribution in [2.24, 2.45) is 0 Å². The van der Waals surface area contributed by atoms with E-state index in [-0.39, 0.29) is 18.2 Å². The first-order valence-corrected chi connectivity index (χ1v) is 5.90. The number of H-pyrrole nitrogens is 1. The molecule has 0 radical (unpaired) electrons. The molecule has 2 rings (SSSR count). The third-order valence-corrected chi connectivity index (χ3v) is 2.88. The number of hydrogen-bond donors (Lipinski definition) is 3. The lowest BCUT2D eigenvalue weighted by Gasteiger charge is -2.20. The zero-order valence-corrected chi connectivity index (χ0v) is 9.90. The Bertz CT molecular complexity index is 346. The average molecular weight is 238 g/mol. The van der Waals surface area contributed by atoms with E-state index in [2.05, 4.69) is 20.8 Å². The Morgan fingerprint density at radius 2 is 2.65 bits per heavy atom. The summed E-state index contributed by atoms with van der Waals surface area (Å²) in [5, 5.41) is 12.2. The zero-order valence-electron chi connectivity index (χ0n) is 9.90. The van der Waals surface area contributed by atoms with Crippen molar-refractivity contribution in [2.45, 2.75) is 38.5 Å². The molecule has 0 aromatic carbocycles. The van der Waals surface area contributed by atoms with Gasteiger partial charge in [-0.2, -0.15) is 5.10 Å². The highest BCUT2D eigenvalue weighted by Crippen LogP contribution is 2.15. The molecule has 17 heavy (non-hydrogen) atoms. The fraction of sp³-hybridized carbons (Fsp3) is 0.636. The van der Waals surface area contributed by atoms with E-state index < -0.39 is 0 Å². The lowest BCUT2D eigenvalue weighted by atomic mass is 10.1. The number of nitrogens with one attached hydrogen (secondary N) is 3. The second-order valence-electron chi connectivity index (χ2n) is 4.25. The minimum absolute atomic E-state index is 0.0410. The van der Waals surface area contributed by atoms with Gasteiger partial charge in [-0.3, -0.25) is 5.10 Å². The molecule has 1 aromatic rings. The maximum Gasteiger partial charge on any atom is 0.315 e. The van der Waals surface area contributed by atoms with Gasteiger partial charge < -0.3 is 15.4 Å². The van der Waals surface area contributed by atoms with Gasteiger partial charge in [-0.15, -0.1) is 0 Å². The van der Waals surface area contributed by atoms with Crippen molar-refractivity contribution >= 4 is 6.03 Å². The summed E-state index contributed by atoms with van der Waals surface area (Å²) in [6.45, 7) is 3.21. The number of rotatable bonds is 4. The molecule has 0 bridgehead atoms. The Kier molecular flexibility index (Phi) is 3.98. The van der Waals surface area contributed by atoms with E-state index in [0.29, 0.717) is 6.54 Å². The summed E-state index contributed by atoms with van der Waals surface area (Å²) < 4.78 is 5.51. The third kappa shape index (κ3) is 3.45. The fourth-order valence-electron chi connectivity index (χ4n) is 1.91. The Hall–Kier alpha value is -1.56. The molecule has 1 aromatic heterocycles. The second-order valence-corrected chi connectivity index (χ2v) is 4.25. The Labute approximate surface area is 100 Å². The molecule has 1 aliphatic heterocycles. The molecule has 2 amide bonds. The lowest BCUT2D eigenvalue weighted by molar-refractivity contribution is 0.0860. The minimum atomic E-state index is -0.178. The molecule has 2 atom stereocenters. The second kappa shape index (κ2) is 5.67. The SMILES string of the molecule is C[C@H](NC(=O)NCc1ccn[nH]1)[C@H]1CCCO1. The van der Waals surface area contributed by atoms with Crippen LogP contribution < -0.4 is 10.6 Å². The van der Waals surface area contributed by atoms with Crippen molar-refractivity contribution in [3.63, 3.8) is 0 Å². The summed E-state index contributed by atoms with van der Waals surface area (Å²) in [5.74, 6) is 0. The van der Waals surface area contributed by atoms with Crippen LogP contribution in [-0.4, -0.2) is 35.0 Å². The molecule has 1 fully saturated rings. The summed E-state index contributed by atoms with van der Waals surface area (Å²) >= 11 is 0. The van der Waals surface area contributed by atoms with Crippen molar-refractivity contribution < 1.29 is 9.53 Å². The van der Waals surface area contributed by atoms with Crippen molar-refractivity contribution in [3.8, 4) is 0 Å². The van der Waals surface area contributed by atoms with Gasteiger partial charge in [-0.25, -0.2) is 4.79 Å². The smallest absolute Gasteiger partial charge is 0.315 e. The van der Waals surface area contributed by atoms with Crippen molar-refractivity contribution in [2.75, 3.05) is 6.61 Å². The predicted molar refractivity (Wildman–Crippen MR) is 62.4 cm³/mol. The van der Waals surface area contributed by atoms with E-state index in [4.69, 9.17) is 4.74 Å². The first-order valence-electron chi connectivity index (χ1n) is 5.90. The maximum atomic E-state index is 11.6. The molecule has 2 heterocycles.